The van der Waals surface area contributed by atoms with E-state index in [0.29, 0.717) is 5.92 Å². The highest BCUT2D eigenvalue weighted by Crippen LogP contribution is 2.22. The van der Waals surface area contributed by atoms with Crippen LogP contribution in [0.1, 0.15) is 39.0 Å². The first-order valence-electron chi connectivity index (χ1n) is 7.37. The maximum Gasteiger partial charge on any atom is 0.0541 e. The van der Waals surface area contributed by atoms with E-state index in [0.717, 1.165) is 5.92 Å². The Morgan fingerprint density at radius 3 is 2.41 bits per heavy atom. The Morgan fingerprint density at radius 2 is 1.82 bits per heavy atom. The largest absolute Gasteiger partial charge is 0.393 e. The first kappa shape index (κ1) is 13.3. The molecule has 1 unspecified atom stereocenters. The van der Waals surface area contributed by atoms with Crippen molar-refractivity contribution in [2.24, 2.45) is 11.8 Å². The van der Waals surface area contributed by atoms with Gasteiger partial charge in [-0.15, -0.1) is 0 Å². The van der Waals surface area contributed by atoms with Crippen molar-refractivity contribution in [1.29, 1.82) is 0 Å². The summed E-state index contributed by atoms with van der Waals surface area (Å²) in [6.07, 6.45) is 6.37. The van der Waals surface area contributed by atoms with Crippen LogP contribution >= 0.6 is 0 Å². The van der Waals surface area contributed by atoms with Crippen LogP contribution in [-0.2, 0) is 0 Å². The third-order valence-corrected chi connectivity index (χ3v) is 4.63. The first-order chi connectivity index (χ1) is 8.25. The van der Waals surface area contributed by atoms with Crippen molar-refractivity contribution in [3.63, 3.8) is 0 Å². The van der Waals surface area contributed by atoms with Crippen LogP contribution < -0.4 is 5.32 Å². The van der Waals surface area contributed by atoms with Crippen LogP contribution in [0.5, 0.6) is 0 Å². The van der Waals surface area contributed by atoms with Gasteiger partial charge in [-0.1, -0.05) is 0 Å². The Kier molecular flexibility index (Phi) is 5.26. The topological polar surface area (TPSA) is 35.5 Å². The second-order valence-electron chi connectivity index (χ2n) is 5.90. The molecule has 0 radical (unpaired) electrons. The summed E-state index contributed by atoms with van der Waals surface area (Å²) in [5.41, 5.74) is 0. The van der Waals surface area contributed by atoms with Gasteiger partial charge in [0.15, 0.2) is 0 Å². The molecule has 2 N–H and O–H groups in total. The maximum atomic E-state index is 9.57. The van der Waals surface area contributed by atoms with E-state index >= 15 is 0 Å². The highest BCUT2D eigenvalue weighted by Gasteiger charge is 2.23. The third kappa shape index (κ3) is 4.23. The molecule has 2 aliphatic heterocycles. The van der Waals surface area contributed by atoms with Crippen LogP contribution in [0.4, 0.5) is 0 Å². The number of piperidine rings is 2. The molecule has 2 aliphatic rings. The summed E-state index contributed by atoms with van der Waals surface area (Å²) in [4.78, 5) is 2.60. The minimum absolute atomic E-state index is 0.110. The van der Waals surface area contributed by atoms with Crippen molar-refractivity contribution in [1.82, 2.24) is 10.2 Å². The Hall–Kier alpha value is -0.120. The average Bonchev–Trinajstić information content (AvgIpc) is 2.38. The number of hydrogen-bond donors (Lipinski definition) is 2. The summed E-state index contributed by atoms with van der Waals surface area (Å²) in [5, 5.41) is 13.0. The summed E-state index contributed by atoms with van der Waals surface area (Å²) >= 11 is 0. The lowest BCUT2D eigenvalue weighted by atomic mass is 9.91. The first-order valence-corrected chi connectivity index (χ1v) is 7.37. The van der Waals surface area contributed by atoms with Crippen molar-refractivity contribution in [2.75, 3.05) is 32.7 Å². The Labute approximate surface area is 106 Å². The lowest BCUT2D eigenvalue weighted by molar-refractivity contribution is 0.0694. The van der Waals surface area contributed by atoms with Crippen LogP contribution in [0.25, 0.3) is 0 Å². The number of rotatable bonds is 4. The van der Waals surface area contributed by atoms with Gasteiger partial charge in [-0.05, 0) is 83.6 Å². The van der Waals surface area contributed by atoms with E-state index in [1.165, 1.54) is 64.8 Å². The Balaban J connectivity index is 1.61. The molecule has 17 heavy (non-hydrogen) atoms. The molecular formula is C14H28N2O. The normalized spacial score (nSPS) is 27.2. The molecule has 1 atom stereocenters. The molecule has 0 amide bonds. The molecule has 0 aromatic rings. The van der Waals surface area contributed by atoms with E-state index in [-0.39, 0.29) is 6.10 Å². The molecule has 2 fully saturated rings. The van der Waals surface area contributed by atoms with Gasteiger partial charge in [-0.25, -0.2) is 0 Å². The second-order valence-corrected chi connectivity index (χ2v) is 5.90. The van der Waals surface area contributed by atoms with Gasteiger partial charge in [-0.3, -0.25) is 0 Å². The molecule has 0 bridgehead atoms. The van der Waals surface area contributed by atoms with Crippen LogP contribution in [0.2, 0.25) is 0 Å². The third-order valence-electron chi connectivity index (χ3n) is 4.63. The SMILES string of the molecule is CC(O)C1CCN(CCC2CCNCC2)CC1. The van der Waals surface area contributed by atoms with E-state index < -0.39 is 0 Å². The molecule has 100 valence electrons. The summed E-state index contributed by atoms with van der Waals surface area (Å²) in [5.74, 6) is 1.50. The molecule has 0 aromatic carbocycles. The monoisotopic (exact) mass is 240 g/mol. The molecule has 3 heteroatoms. The van der Waals surface area contributed by atoms with Gasteiger partial charge in [0.2, 0.25) is 0 Å². The molecule has 2 saturated heterocycles. The molecular weight excluding hydrogens is 212 g/mol. The quantitative estimate of drug-likeness (QED) is 0.781. The van der Waals surface area contributed by atoms with E-state index in [1.54, 1.807) is 0 Å². The van der Waals surface area contributed by atoms with Gasteiger partial charge in [-0.2, -0.15) is 0 Å². The summed E-state index contributed by atoms with van der Waals surface area (Å²) < 4.78 is 0. The molecule has 0 saturated carbocycles. The standard InChI is InChI=1S/C14H28N2O/c1-12(17)14-5-10-16(11-6-14)9-4-13-2-7-15-8-3-13/h12-15,17H,2-11H2,1H3. The number of nitrogens with zero attached hydrogens (tertiary/aromatic N) is 1. The zero-order valence-electron chi connectivity index (χ0n) is 11.2. The lowest BCUT2D eigenvalue weighted by Gasteiger charge is -2.34. The number of likely N-dealkylation sites (tertiary alicyclic amines) is 1. The molecule has 0 aromatic heterocycles. The number of nitrogens with one attached hydrogen (secondary N) is 1. The van der Waals surface area contributed by atoms with Gasteiger partial charge in [0.05, 0.1) is 6.10 Å². The Bertz CT molecular complexity index is 206. The number of aliphatic hydroxyl groups excluding tert-OH is 1. The fraction of sp³-hybridized carbons (Fsp3) is 1.00. The summed E-state index contributed by atoms with van der Waals surface area (Å²) in [7, 11) is 0. The zero-order chi connectivity index (χ0) is 12.1. The molecule has 0 spiro atoms. The van der Waals surface area contributed by atoms with E-state index in [1.807, 2.05) is 6.92 Å². The van der Waals surface area contributed by atoms with Gasteiger partial charge >= 0.3 is 0 Å². The smallest absolute Gasteiger partial charge is 0.0541 e. The number of hydrogen-bond acceptors (Lipinski definition) is 3. The molecule has 3 nitrogen and oxygen atoms in total. The second kappa shape index (κ2) is 6.72. The summed E-state index contributed by atoms with van der Waals surface area (Å²) in [6.45, 7) is 8.04. The van der Waals surface area contributed by atoms with Crippen molar-refractivity contribution in [3.05, 3.63) is 0 Å². The maximum absolute atomic E-state index is 9.57. The predicted molar refractivity (Wildman–Crippen MR) is 71.1 cm³/mol. The van der Waals surface area contributed by atoms with E-state index in [9.17, 15) is 5.11 Å². The molecule has 2 rings (SSSR count). The van der Waals surface area contributed by atoms with Gasteiger partial charge in [0.25, 0.3) is 0 Å². The highest BCUT2D eigenvalue weighted by molar-refractivity contribution is 4.77. The Morgan fingerprint density at radius 1 is 1.18 bits per heavy atom. The average molecular weight is 240 g/mol. The van der Waals surface area contributed by atoms with Gasteiger partial charge in [0.1, 0.15) is 0 Å². The van der Waals surface area contributed by atoms with Crippen LogP contribution in [-0.4, -0.2) is 48.8 Å². The van der Waals surface area contributed by atoms with Crippen molar-refractivity contribution < 1.29 is 5.11 Å². The summed E-state index contributed by atoms with van der Waals surface area (Å²) in [6, 6.07) is 0. The van der Waals surface area contributed by atoms with E-state index in [2.05, 4.69) is 10.2 Å². The minimum atomic E-state index is -0.110. The highest BCUT2D eigenvalue weighted by atomic mass is 16.3. The fourth-order valence-electron chi connectivity index (χ4n) is 3.19. The molecule has 2 heterocycles. The number of aliphatic hydroxyl groups is 1. The van der Waals surface area contributed by atoms with Crippen LogP contribution in [0, 0.1) is 11.8 Å². The predicted octanol–water partition coefficient (Wildman–Crippen LogP) is 1.47. The van der Waals surface area contributed by atoms with Crippen molar-refractivity contribution >= 4 is 0 Å². The van der Waals surface area contributed by atoms with Gasteiger partial charge < -0.3 is 15.3 Å². The fourth-order valence-corrected chi connectivity index (χ4v) is 3.19. The van der Waals surface area contributed by atoms with E-state index in [4.69, 9.17) is 0 Å². The van der Waals surface area contributed by atoms with Crippen LogP contribution in [0.3, 0.4) is 0 Å². The van der Waals surface area contributed by atoms with Crippen molar-refractivity contribution in [3.8, 4) is 0 Å². The van der Waals surface area contributed by atoms with Gasteiger partial charge in [0, 0.05) is 0 Å². The lowest BCUT2D eigenvalue weighted by Crippen LogP contribution is -2.38. The van der Waals surface area contributed by atoms with Crippen molar-refractivity contribution in [2.45, 2.75) is 45.1 Å². The zero-order valence-corrected chi connectivity index (χ0v) is 11.2. The minimum Gasteiger partial charge on any atom is -0.393 e. The molecule has 0 aliphatic carbocycles. The van der Waals surface area contributed by atoms with Crippen LogP contribution in [0.15, 0.2) is 0 Å².